The van der Waals surface area contributed by atoms with Gasteiger partial charge in [-0.2, -0.15) is 0 Å². The summed E-state index contributed by atoms with van der Waals surface area (Å²) in [4.78, 5) is 39.4. The van der Waals surface area contributed by atoms with Crippen molar-refractivity contribution in [1.29, 1.82) is 0 Å². The van der Waals surface area contributed by atoms with Crippen LogP contribution in [0.3, 0.4) is 0 Å². The van der Waals surface area contributed by atoms with Crippen LogP contribution in [0.2, 0.25) is 0 Å². The number of anilines is 1. The zero-order valence-electron chi connectivity index (χ0n) is 13.7. The highest BCUT2D eigenvalue weighted by atomic mass is 16.2. The fourth-order valence-corrected chi connectivity index (χ4v) is 3.08. The number of hydrogen-bond acceptors (Lipinski definition) is 3. The third-order valence-electron chi connectivity index (χ3n) is 4.27. The predicted molar refractivity (Wildman–Crippen MR) is 90.6 cm³/mol. The second kappa shape index (κ2) is 6.31. The highest BCUT2D eigenvalue weighted by molar-refractivity contribution is 6.08. The molecule has 1 aliphatic carbocycles. The van der Waals surface area contributed by atoms with E-state index in [4.69, 9.17) is 0 Å². The van der Waals surface area contributed by atoms with E-state index >= 15 is 0 Å². The molecule has 0 unspecified atom stereocenters. The third-order valence-corrected chi connectivity index (χ3v) is 4.27. The number of aromatic nitrogens is 1. The minimum atomic E-state index is -0.316. The second-order valence-electron chi connectivity index (χ2n) is 5.87. The van der Waals surface area contributed by atoms with Crippen molar-refractivity contribution in [2.24, 2.45) is 0 Å². The van der Waals surface area contributed by atoms with E-state index in [0.29, 0.717) is 34.5 Å². The van der Waals surface area contributed by atoms with Gasteiger partial charge in [-0.15, -0.1) is 0 Å². The van der Waals surface area contributed by atoms with Gasteiger partial charge >= 0.3 is 0 Å². The van der Waals surface area contributed by atoms with Gasteiger partial charge in [0.05, 0.1) is 0 Å². The maximum Gasteiger partial charge on any atom is 0.272 e. The maximum atomic E-state index is 12.6. The summed E-state index contributed by atoms with van der Waals surface area (Å²) in [6.07, 6.45) is 2.11. The zero-order chi connectivity index (χ0) is 17.3. The zero-order valence-corrected chi connectivity index (χ0v) is 13.7. The first-order chi connectivity index (χ1) is 11.5. The van der Waals surface area contributed by atoms with Gasteiger partial charge in [0.15, 0.2) is 5.78 Å². The molecule has 6 nitrogen and oxygen atoms in total. The Balaban J connectivity index is 1.86. The van der Waals surface area contributed by atoms with Crippen LogP contribution in [0.5, 0.6) is 0 Å². The highest BCUT2D eigenvalue weighted by Crippen LogP contribution is 2.27. The molecule has 1 aliphatic rings. The van der Waals surface area contributed by atoms with E-state index in [1.807, 2.05) is 0 Å². The molecular formula is C18H19N3O3. The topological polar surface area (TPSA) is 91.1 Å². The van der Waals surface area contributed by atoms with Crippen molar-refractivity contribution in [2.75, 3.05) is 12.4 Å². The highest BCUT2D eigenvalue weighted by Gasteiger charge is 2.26. The molecule has 2 aromatic rings. The Morgan fingerprint density at radius 2 is 1.96 bits per heavy atom. The number of H-pyrrole nitrogens is 1. The molecule has 0 saturated heterocycles. The van der Waals surface area contributed by atoms with E-state index in [1.165, 1.54) is 0 Å². The molecule has 3 rings (SSSR count). The number of rotatable bonds is 3. The molecular weight excluding hydrogens is 306 g/mol. The van der Waals surface area contributed by atoms with Gasteiger partial charge < -0.3 is 15.6 Å². The molecule has 1 aromatic heterocycles. The first-order valence-electron chi connectivity index (χ1n) is 7.89. The van der Waals surface area contributed by atoms with Crippen molar-refractivity contribution in [3.63, 3.8) is 0 Å². The van der Waals surface area contributed by atoms with Gasteiger partial charge in [-0.3, -0.25) is 14.4 Å². The predicted octanol–water partition coefficient (Wildman–Crippen LogP) is 2.45. The molecule has 3 N–H and O–H groups in total. The number of benzene rings is 1. The molecule has 0 fully saturated rings. The summed E-state index contributed by atoms with van der Waals surface area (Å²) in [7, 11) is 1.55. The number of ketones is 1. The van der Waals surface area contributed by atoms with Crippen LogP contribution in [0.25, 0.3) is 0 Å². The van der Waals surface area contributed by atoms with E-state index in [-0.39, 0.29) is 17.6 Å². The van der Waals surface area contributed by atoms with Gasteiger partial charge in [0, 0.05) is 36.0 Å². The number of fused-ring (bicyclic) bond motifs is 1. The monoisotopic (exact) mass is 325 g/mol. The standard InChI is InChI=1S/C18H19N3O3/c1-10-15-13(7-4-8-14(15)22)21-16(10)18(24)20-12-6-3-5-11(9-12)17(23)19-2/h3,5-6,9,21H,4,7-8H2,1-2H3,(H,19,23)(H,20,24). The lowest BCUT2D eigenvalue weighted by Gasteiger charge is -2.09. The quantitative estimate of drug-likeness (QED) is 0.809. The summed E-state index contributed by atoms with van der Waals surface area (Å²) in [6, 6.07) is 6.70. The SMILES string of the molecule is CNC(=O)c1cccc(NC(=O)c2[nH]c3c(c2C)C(=O)CCC3)c1. The van der Waals surface area contributed by atoms with Crippen LogP contribution < -0.4 is 10.6 Å². The smallest absolute Gasteiger partial charge is 0.272 e. The Morgan fingerprint density at radius 1 is 1.17 bits per heavy atom. The number of nitrogens with one attached hydrogen (secondary N) is 3. The second-order valence-corrected chi connectivity index (χ2v) is 5.87. The summed E-state index contributed by atoms with van der Waals surface area (Å²) < 4.78 is 0. The largest absolute Gasteiger partial charge is 0.355 e. The normalized spacial score (nSPS) is 13.3. The molecule has 0 atom stereocenters. The molecule has 0 bridgehead atoms. The lowest BCUT2D eigenvalue weighted by molar-refractivity contribution is 0.0957. The number of aryl methyl sites for hydroxylation is 1. The van der Waals surface area contributed by atoms with Crippen LogP contribution in [-0.4, -0.2) is 29.6 Å². The van der Waals surface area contributed by atoms with Crippen LogP contribution >= 0.6 is 0 Å². The number of aromatic amines is 1. The Morgan fingerprint density at radius 3 is 2.67 bits per heavy atom. The number of amides is 2. The van der Waals surface area contributed by atoms with Crippen molar-refractivity contribution < 1.29 is 14.4 Å². The summed E-state index contributed by atoms with van der Waals surface area (Å²) in [5, 5.41) is 5.33. The Kier molecular flexibility index (Phi) is 4.20. The molecule has 0 saturated carbocycles. The third kappa shape index (κ3) is 2.82. The molecule has 0 radical (unpaired) electrons. The van der Waals surface area contributed by atoms with Gasteiger partial charge in [-0.1, -0.05) is 6.07 Å². The molecule has 0 aliphatic heterocycles. The molecule has 124 valence electrons. The Labute approximate surface area is 139 Å². The van der Waals surface area contributed by atoms with E-state index < -0.39 is 0 Å². The van der Waals surface area contributed by atoms with Crippen LogP contribution in [0.1, 0.15) is 55.3 Å². The van der Waals surface area contributed by atoms with E-state index in [2.05, 4.69) is 15.6 Å². The van der Waals surface area contributed by atoms with Crippen LogP contribution in [0.15, 0.2) is 24.3 Å². The van der Waals surface area contributed by atoms with Crippen LogP contribution in [-0.2, 0) is 6.42 Å². The van der Waals surface area contributed by atoms with Crippen molar-refractivity contribution in [3.8, 4) is 0 Å². The molecule has 6 heteroatoms. The van der Waals surface area contributed by atoms with Gasteiger partial charge in [-0.25, -0.2) is 0 Å². The van der Waals surface area contributed by atoms with Crippen molar-refractivity contribution in [1.82, 2.24) is 10.3 Å². The average Bonchev–Trinajstić information content (AvgIpc) is 2.92. The maximum absolute atomic E-state index is 12.6. The molecule has 24 heavy (non-hydrogen) atoms. The van der Waals surface area contributed by atoms with Gasteiger partial charge in [0.1, 0.15) is 5.69 Å². The number of hydrogen-bond donors (Lipinski definition) is 3. The fraction of sp³-hybridized carbons (Fsp3) is 0.278. The fourth-order valence-electron chi connectivity index (χ4n) is 3.08. The number of carbonyl (C=O) groups excluding carboxylic acids is 3. The van der Waals surface area contributed by atoms with E-state index in [1.54, 1.807) is 38.2 Å². The molecule has 1 aromatic carbocycles. The lowest BCUT2D eigenvalue weighted by atomic mass is 9.94. The van der Waals surface area contributed by atoms with Gasteiger partial charge in [0.2, 0.25) is 0 Å². The van der Waals surface area contributed by atoms with Crippen LogP contribution in [0.4, 0.5) is 5.69 Å². The van der Waals surface area contributed by atoms with E-state index in [9.17, 15) is 14.4 Å². The van der Waals surface area contributed by atoms with Gasteiger partial charge in [0.25, 0.3) is 11.8 Å². The Hall–Kier alpha value is -2.89. The van der Waals surface area contributed by atoms with Crippen molar-refractivity contribution in [3.05, 3.63) is 52.3 Å². The van der Waals surface area contributed by atoms with E-state index in [0.717, 1.165) is 18.5 Å². The average molecular weight is 325 g/mol. The summed E-state index contributed by atoms with van der Waals surface area (Å²) in [5.74, 6) is -0.447. The number of Topliss-reactive ketones (excluding diaryl/α,β-unsaturated/α-hetero) is 1. The first kappa shape index (κ1) is 16.0. The number of carbonyl (C=O) groups is 3. The summed E-state index contributed by atoms with van der Waals surface area (Å²) >= 11 is 0. The van der Waals surface area contributed by atoms with Crippen molar-refractivity contribution in [2.45, 2.75) is 26.2 Å². The van der Waals surface area contributed by atoms with Crippen LogP contribution in [0, 0.1) is 6.92 Å². The van der Waals surface area contributed by atoms with Crippen molar-refractivity contribution >= 4 is 23.3 Å². The lowest BCUT2D eigenvalue weighted by Crippen LogP contribution is -2.18. The minimum absolute atomic E-state index is 0.0886. The molecule has 0 spiro atoms. The minimum Gasteiger partial charge on any atom is -0.355 e. The first-order valence-corrected chi connectivity index (χ1v) is 7.89. The molecule has 1 heterocycles. The van der Waals surface area contributed by atoms with Gasteiger partial charge in [-0.05, 0) is 43.5 Å². The summed E-state index contributed by atoms with van der Waals surface area (Å²) in [6.45, 7) is 1.79. The Bertz CT molecular complexity index is 836. The summed E-state index contributed by atoms with van der Waals surface area (Å²) in [5.41, 5.74) is 3.58. The molecule has 2 amide bonds.